The van der Waals surface area contributed by atoms with Gasteiger partial charge < -0.3 is 4.74 Å². The van der Waals surface area contributed by atoms with E-state index < -0.39 is 6.61 Å². The number of anilines is 1. The third-order valence-electron chi connectivity index (χ3n) is 2.97. The normalized spacial score (nSPS) is 11.2. The van der Waals surface area contributed by atoms with Crippen molar-refractivity contribution in [3.05, 3.63) is 40.9 Å². The fourth-order valence-electron chi connectivity index (χ4n) is 1.81. The molecule has 0 aliphatic heterocycles. The molecule has 0 spiro atoms. The molecule has 1 amide bonds. The van der Waals surface area contributed by atoms with Crippen molar-refractivity contribution >= 4 is 28.5 Å². The topological polar surface area (TPSA) is 64.1 Å². The highest BCUT2D eigenvalue weighted by Gasteiger charge is 2.06. The maximum absolute atomic E-state index is 12.1. The minimum absolute atomic E-state index is 0.0695. The van der Waals surface area contributed by atoms with Crippen LogP contribution in [-0.2, 0) is 11.2 Å². The van der Waals surface area contributed by atoms with Gasteiger partial charge in [-0.05, 0) is 30.2 Å². The van der Waals surface area contributed by atoms with Gasteiger partial charge in [-0.25, -0.2) is 0 Å². The molecule has 0 bridgehead atoms. The van der Waals surface area contributed by atoms with Crippen molar-refractivity contribution in [2.45, 2.75) is 32.8 Å². The summed E-state index contributed by atoms with van der Waals surface area (Å²) >= 11 is 1.35. The van der Waals surface area contributed by atoms with Crippen molar-refractivity contribution in [1.29, 1.82) is 0 Å². The molecule has 5 nitrogen and oxygen atoms in total. The number of benzene rings is 1. The summed E-state index contributed by atoms with van der Waals surface area (Å²) < 4.78 is 28.4. The van der Waals surface area contributed by atoms with Gasteiger partial charge in [0.05, 0.1) is 0 Å². The summed E-state index contributed by atoms with van der Waals surface area (Å²) in [6, 6.07) is 5.98. The van der Waals surface area contributed by atoms with Crippen LogP contribution in [-0.4, -0.2) is 22.7 Å². The number of alkyl halides is 2. The van der Waals surface area contributed by atoms with Crippen LogP contribution in [0.5, 0.6) is 5.75 Å². The van der Waals surface area contributed by atoms with Crippen LogP contribution in [0.25, 0.3) is 6.08 Å². The molecule has 1 aromatic carbocycles. The molecule has 0 aliphatic rings. The molecule has 2 aromatic rings. The lowest BCUT2D eigenvalue weighted by atomic mass is 10.2. The number of aromatic nitrogens is 2. The highest BCUT2D eigenvalue weighted by Crippen LogP contribution is 2.18. The Morgan fingerprint density at radius 1 is 1.33 bits per heavy atom. The number of unbranched alkanes of at least 4 members (excludes halogenated alkanes) is 1. The third-order valence-corrected chi connectivity index (χ3v) is 3.87. The minimum atomic E-state index is -2.86. The van der Waals surface area contributed by atoms with Crippen LogP contribution >= 0.6 is 11.3 Å². The molecule has 24 heavy (non-hydrogen) atoms. The number of amides is 1. The average Bonchev–Trinajstić information content (AvgIpc) is 2.99. The molecule has 1 aromatic heterocycles. The highest BCUT2D eigenvalue weighted by molar-refractivity contribution is 7.15. The third kappa shape index (κ3) is 6.04. The van der Waals surface area contributed by atoms with Gasteiger partial charge in [-0.15, -0.1) is 10.2 Å². The second-order valence-corrected chi connectivity index (χ2v) is 5.94. The Morgan fingerprint density at radius 2 is 2.08 bits per heavy atom. The lowest BCUT2D eigenvalue weighted by molar-refractivity contribution is -0.111. The van der Waals surface area contributed by atoms with Gasteiger partial charge >= 0.3 is 6.61 Å². The molecule has 0 aliphatic carbocycles. The Morgan fingerprint density at radius 3 is 2.75 bits per heavy atom. The Balaban J connectivity index is 1.87. The van der Waals surface area contributed by atoms with Crippen molar-refractivity contribution in [3.8, 4) is 5.75 Å². The predicted octanol–water partition coefficient (Wildman–Crippen LogP) is 4.13. The van der Waals surface area contributed by atoms with Gasteiger partial charge in [0.15, 0.2) is 0 Å². The van der Waals surface area contributed by atoms with Crippen LogP contribution in [0.1, 0.15) is 30.3 Å². The monoisotopic (exact) mass is 353 g/mol. The number of carbonyl (C=O) groups excluding carboxylic acids is 1. The van der Waals surface area contributed by atoms with E-state index in [0.717, 1.165) is 24.3 Å². The van der Waals surface area contributed by atoms with Gasteiger partial charge in [-0.1, -0.05) is 36.8 Å². The van der Waals surface area contributed by atoms with Crippen LogP contribution < -0.4 is 10.1 Å². The zero-order chi connectivity index (χ0) is 17.4. The molecule has 0 atom stereocenters. The van der Waals surface area contributed by atoms with Crippen LogP contribution in [0, 0.1) is 0 Å². The van der Waals surface area contributed by atoms with E-state index in [0.29, 0.717) is 10.7 Å². The zero-order valence-corrected chi connectivity index (χ0v) is 13.9. The fourth-order valence-corrected chi connectivity index (χ4v) is 2.60. The number of hydrogen-bond acceptors (Lipinski definition) is 5. The maximum Gasteiger partial charge on any atom is 0.387 e. The van der Waals surface area contributed by atoms with Crippen LogP contribution in [0.2, 0.25) is 0 Å². The van der Waals surface area contributed by atoms with Crippen molar-refractivity contribution in [3.63, 3.8) is 0 Å². The fraction of sp³-hybridized carbons (Fsp3) is 0.312. The van der Waals surface area contributed by atoms with Gasteiger partial charge in [0.2, 0.25) is 11.0 Å². The van der Waals surface area contributed by atoms with Gasteiger partial charge in [0.1, 0.15) is 10.8 Å². The molecule has 0 saturated heterocycles. The van der Waals surface area contributed by atoms with E-state index in [1.54, 1.807) is 18.2 Å². The second kappa shape index (κ2) is 9.07. The smallest absolute Gasteiger partial charge is 0.387 e. The Hall–Kier alpha value is -2.35. The lowest BCUT2D eigenvalue weighted by Gasteiger charge is -2.03. The van der Waals surface area contributed by atoms with Gasteiger partial charge in [-0.2, -0.15) is 8.78 Å². The molecule has 128 valence electrons. The summed E-state index contributed by atoms with van der Waals surface area (Å²) in [5.41, 5.74) is 0.688. The molecule has 8 heteroatoms. The van der Waals surface area contributed by atoms with E-state index in [9.17, 15) is 13.6 Å². The zero-order valence-electron chi connectivity index (χ0n) is 13.0. The molecule has 0 fully saturated rings. The summed E-state index contributed by atoms with van der Waals surface area (Å²) in [6.45, 7) is -0.757. The van der Waals surface area contributed by atoms with Crippen LogP contribution in [0.3, 0.4) is 0 Å². The maximum atomic E-state index is 12.1. The van der Waals surface area contributed by atoms with Gasteiger partial charge in [0.25, 0.3) is 0 Å². The number of rotatable bonds is 8. The molecule has 0 unspecified atom stereocenters. The summed E-state index contributed by atoms with van der Waals surface area (Å²) in [5, 5.41) is 11.9. The van der Waals surface area contributed by atoms with E-state index >= 15 is 0 Å². The van der Waals surface area contributed by atoms with Crippen molar-refractivity contribution in [1.82, 2.24) is 10.2 Å². The number of carbonyl (C=O) groups is 1. The van der Waals surface area contributed by atoms with E-state index in [2.05, 4.69) is 27.2 Å². The average molecular weight is 353 g/mol. The molecule has 1 N–H and O–H groups in total. The standard InChI is InChI=1S/C16H17F2N3O2S/c1-2-3-4-14-20-21-16(24-14)19-13(22)10-7-11-5-8-12(9-6-11)23-15(17)18/h5-10,15H,2-4H2,1H3,(H,19,21,22)/b10-7+. The molecular weight excluding hydrogens is 336 g/mol. The SMILES string of the molecule is CCCCc1nnc(NC(=O)/C=C/c2ccc(OC(F)F)cc2)s1. The van der Waals surface area contributed by atoms with E-state index in [-0.39, 0.29) is 11.7 Å². The molecule has 0 saturated carbocycles. The van der Waals surface area contributed by atoms with Crippen molar-refractivity contribution in [2.75, 3.05) is 5.32 Å². The first-order chi connectivity index (χ1) is 11.6. The summed E-state index contributed by atoms with van der Waals surface area (Å²) in [5.74, 6) is -0.263. The number of hydrogen-bond donors (Lipinski definition) is 1. The summed E-state index contributed by atoms with van der Waals surface area (Å²) in [4.78, 5) is 11.8. The Labute approximate surface area is 142 Å². The summed E-state index contributed by atoms with van der Waals surface area (Å²) in [6.07, 6.45) is 5.88. The number of nitrogens with one attached hydrogen (secondary N) is 1. The van der Waals surface area contributed by atoms with E-state index in [1.807, 2.05) is 0 Å². The van der Waals surface area contributed by atoms with Crippen molar-refractivity contribution < 1.29 is 18.3 Å². The first kappa shape index (κ1) is 18.0. The van der Waals surface area contributed by atoms with Gasteiger partial charge in [-0.3, -0.25) is 10.1 Å². The largest absolute Gasteiger partial charge is 0.435 e. The minimum Gasteiger partial charge on any atom is -0.435 e. The molecule has 0 radical (unpaired) electrons. The predicted molar refractivity (Wildman–Crippen MR) is 89.3 cm³/mol. The van der Waals surface area contributed by atoms with E-state index in [1.165, 1.54) is 29.5 Å². The number of ether oxygens (including phenoxy) is 1. The summed E-state index contributed by atoms with van der Waals surface area (Å²) in [7, 11) is 0. The van der Waals surface area contributed by atoms with Crippen LogP contribution in [0.15, 0.2) is 30.3 Å². The molecular formula is C16H17F2N3O2S. The van der Waals surface area contributed by atoms with Crippen LogP contribution in [0.4, 0.5) is 13.9 Å². The van der Waals surface area contributed by atoms with Gasteiger partial charge in [0, 0.05) is 12.5 Å². The Kier molecular flexibility index (Phi) is 6.80. The first-order valence-corrected chi connectivity index (χ1v) is 8.25. The highest BCUT2D eigenvalue weighted by atomic mass is 32.1. The number of aryl methyl sites for hydroxylation is 1. The first-order valence-electron chi connectivity index (χ1n) is 7.43. The lowest BCUT2D eigenvalue weighted by Crippen LogP contribution is -2.07. The Bertz CT molecular complexity index is 687. The number of nitrogens with zero attached hydrogens (tertiary/aromatic N) is 2. The molecule has 1 heterocycles. The number of halogens is 2. The van der Waals surface area contributed by atoms with E-state index in [4.69, 9.17) is 0 Å². The quantitative estimate of drug-likeness (QED) is 0.725. The molecule has 2 rings (SSSR count). The second-order valence-electron chi connectivity index (χ2n) is 4.87. The van der Waals surface area contributed by atoms with Crippen molar-refractivity contribution in [2.24, 2.45) is 0 Å².